The van der Waals surface area contributed by atoms with E-state index in [1.54, 1.807) is 0 Å². The number of oxime groups is 1. The molecule has 14 heteroatoms. The smallest absolute Gasteiger partial charge is 0.280 e. The van der Waals surface area contributed by atoms with Gasteiger partial charge in [0.05, 0.1) is 29.6 Å². The first-order valence-corrected chi connectivity index (χ1v) is 14.2. The van der Waals surface area contributed by atoms with Crippen molar-refractivity contribution >= 4 is 47.9 Å². The topological polar surface area (TPSA) is 144 Å². The quantitative estimate of drug-likeness (QED) is 0.381. The molecule has 1 aliphatic heterocycles. The summed E-state index contributed by atoms with van der Waals surface area (Å²) in [6.45, 7) is 0.868. The monoisotopic (exact) mass is 528 g/mol. The highest BCUT2D eigenvalue weighted by molar-refractivity contribution is 7.92. The van der Waals surface area contributed by atoms with Crippen LogP contribution >= 0.6 is 11.3 Å². The minimum Gasteiger partial charge on any atom is -0.389 e. The third kappa shape index (κ3) is 5.30. The van der Waals surface area contributed by atoms with Crippen LogP contribution in [0.5, 0.6) is 0 Å². The van der Waals surface area contributed by atoms with Crippen molar-refractivity contribution in [3.8, 4) is 0 Å². The second kappa shape index (κ2) is 9.70. The maximum absolute atomic E-state index is 13.0. The molecule has 34 heavy (non-hydrogen) atoms. The van der Waals surface area contributed by atoms with Gasteiger partial charge in [-0.2, -0.15) is 0 Å². The van der Waals surface area contributed by atoms with E-state index in [-0.39, 0.29) is 31.3 Å². The molecule has 4 rings (SSSR count). The molecule has 184 valence electrons. The van der Waals surface area contributed by atoms with E-state index in [1.807, 2.05) is 0 Å². The van der Waals surface area contributed by atoms with Crippen molar-refractivity contribution in [3.05, 3.63) is 36.0 Å². The normalized spacial score (nSPS) is 19.4. The van der Waals surface area contributed by atoms with Gasteiger partial charge in [0.2, 0.25) is 0 Å². The number of hydrogen-bond donors (Lipinski definition) is 1. The number of aromatic nitrogens is 1. The summed E-state index contributed by atoms with van der Waals surface area (Å²) in [7, 11) is -4.28. The lowest BCUT2D eigenvalue weighted by atomic mass is 10.1. The van der Waals surface area contributed by atoms with Gasteiger partial charge in [0.1, 0.15) is 0 Å². The first kappa shape index (κ1) is 24.7. The maximum Gasteiger partial charge on any atom is 0.280 e. The van der Waals surface area contributed by atoms with Gasteiger partial charge in [-0.1, -0.05) is 28.6 Å². The average Bonchev–Trinajstić information content (AvgIpc) is 3.34. The maximum atomic E-state index is 13.0. The second-order valence-corrected chi connectivity index (χ2v) is 13.7. The van der Waals surface area contributed by atoms with Crippen molar-refractivity contribution in [1.82, 2.24) is 9.29 Å². The predicted molar refractivity (Wildman–Crippen MR) is 125 cm³/mol. The molecule has 2 heterocycles. The van der Waals surface area contributed by atoms with Crippen molar-refractivity contribution in [3.63, 3.8) is 0 Å². The molecule has 1 aromatic carbocycles. The van der Waals surface area contributed by atoms with Crippen LogP contribution in [0.25, 0.3) is 0 Å². The molecule has 1 aliphatic carbocycles. The molecule has 1 aromatic heterocycles. The highest BCUT2D eigenvalue weighted by Crippen LogP contribution is 2.33. The molecule has 0 unspecified atom stereocenters. The summed E-state index contributed by atoms with van der Waals surface area (Å²) in [5.41, 5.74) is 0.235. The fraction of sp³-hybridized carbons (Fsp3) is 0.450. The van der Waals surface area contributed by atoms with Gasteiger partial charge in [0.25, 0.3) is 15.9 Å². The molecule has 0 radical (unpaired) electrons. The van der Waals surface area contributed by atoms with Crippen LogP contribution in [0.3, 0.4) is 0 Å². The van der Waals surface area contributed by atoms with Crippen LogP contribution in [-0.2, 0) is 34.2 Å². The van der Waals surface area contributed by atoms with E-state index in [1.165, 1.54) is 38.4 Å². The Hall–Kier alpha value is -2.39. The zero-order valence-corrected chi connectivity index (χ0v) is 21.0. The Morgan fingerprint density at radius 3 is 2.47 bits per heavy atom. The number of hydrogen-bond acceptors (Lipinski definition) is 10. The lowest BCUT2D eigenvalue weighted by Crippen LogP contribution is -2.25. The predicted octanol–water partition coefficient (Wildman–Crippen LogP) is 1.48. The molecule has 1 saturated heterocycles. The van der Waals surface area contributed by atoms with Crippen molar-refractivity contribution in [2.75, 3.05) is 32.6 Å². The Balaban J connectivity index is 1.58. The number of thiazole rings is 1. The zero-order chi connectivity index (χ0) is 24.5. The van der Waals surface area contributed by atoms with Gasteiger partial charge in [-0.3, -0.25) is 10.1 Å². The van der Waals surface area contributed by atoms with E-state index in [0.29, 0.717) is 38.0 Å². The number of carbonyl (C=O) groups is 1. The first-order chi connectivity index (χ1) is 16.1. The molecular formula is C20H24N4O7S3. The lowest BCUT2D eigenvalue weighted by molar-refractivity contribution is -0.110. The van der Waals surface area contributed by atoms with Gasteiger partial charge in [-0.15, -0.1) is 0 Å². The molecule has 1 atom stereocenters. The van der Waals surface area contributed by atoms with Crippen LogP contribution in [0.1, 0.15) is 24.8 Å². The van der Waals surface area contributed by atoms with Crippen molar-refractivity contribution < 1.29 is 31.2 Å². The lowest BCUT2D eigenvalue weighted by Gasteiger charge is -2.10. The van der Waals surface area contributed by atoms with Crippen LogP contribution in [0.2, 0.25) is 0 Å². The van der Waals surface area contributed by atoms with Crippen molar-refractivity contribution in [2.45, 2.75) is 39.7 Å². The van der Waals surface area contributed by atoms with E-state index in [0.717, 1.165) is 21.8 Å². The third-order valence-corrected chi connectivity index (χ3v) is 10.7. The molecule has 0 spiro atoms. The summed E-state index contributed by atoms with van der Waals surface area (Å²) in [6.07, 6.45) is 2.77. The van der Waals surface area contributed by atoms with Crippen LogP contribution in [0, 0.1) is 0 Å². The number of ether oxygens (including phenoxy) is 1. The SMILES string of the molecule is CN(C)S(=O)(=O)c1cnc(NC(=O)C(=NO[C@@H]2CCOC2)c2ccc(S(=O)(=O)C3CC3)cc2)s1. The van der Waals surface area contributed by atoms with Crippen molar-refractivity contribution in [2.24, 2.45) is 5.16 Å². The number of benzene rings is 1. The second-order valence-electron chi connectivity index (χ2n) is 8.03. The molecule has 2 aromatic rings. The Morgan fingerprint density at radius 1 is 1.18 bits per heavy atom. The Labute approximate surface area is 201 Å². The van der Waals surface area contributed by atoms with E-state index in [4.69, 9.17) is 9.57 Å². The average molecular weight is 529 g/mol. The summed E-state index contributed by atoms with van der Waals surface area (Å²) in [5.74, 6) is -0.681. The molecule has 1 N–H and O–H groups in total. The van der Waals surface area contributed by atoms with Crippen LogP contribution in [-0.4, -0.2) is 76.4 Å². The van der Waals surface area contributed by atoms with E-state index in [2.05, 4.69) is 15.5 Å². The van der Waals surface area contributed by atoms with Gasteiger partial charge in [0, 0.05) is 26.1 Å². The van der Waals surface area contributed by atoms with Crippen LogP contribution in [0.15, 0.2) is 44.7 Å². The number of amides is 1. The number of sulfonamides is 1. The standard InChI is InChI=1S/C20H24N4O7S3/c1-24(2)34(28,29)17-11-21-20(32-17)22-19(25)18(23-31-14-9-10-30-12-14)13-3-5-15(6-4-13)33(26,27)16-7-8-16/h3-6,11,14,16H,7-10,12H2,1-2H3,(H,21,22,25)/t14-/m1/s1. The third-order valence-electron chi connectivity index (χ3n) is 5.26. The van der Waals surface area contributed by atoms with E-state index in [9.17, 15) is 21.6 Å². The summed E-state index contributed by atoms with van der Waals surface area (Å²) in [4.78, 5) is 22.7. The highest BCUT2D eigenvalue weighted by Gasteiger charge is 2.37. The number of sulfone groups is 1. The number of nitrogens with zero attached hydrogens (tertiary/aromatic N) is 3. The molecular weight excluding hydrogens is 504 g/mol. The summed E-state index contributed by atoms with van der Waals surface area (Å²) < 4.78 is 55.8. The van der Waals surface area contributed by atoms with E-state index >= 15 is 0 Å². The summed E-state index contributed by atoms with van der Waals surface area (Å²) >= 11 is 0.801. The van der Waals surface area contributed by atoms with Crippen LogP contribution < -0.4 is 5.32 Å². The van der Waals surface area contributed by atoms with Gasteiger partial charge in [0.15, 0.2) is 31.0 Å². The minimum absolute atomic E-state index is 0.0275. The Bertz CT molecular complexity index is 1290. The van der Waals surface area contributed by atoms with Gasteiger partial charge in [-0.05, 0) is 25.0 Å². The number of nitrogens with one attached hydrogen (secondary N) is 1. The van der Waals surface area contributed by atoms with E-state index < -0.39 is 25.8 Å². The first-order valence-electron chi connectivity index (χ1n) is 10.4. The number of carbonyl (C=O) groups excluding carboxylic acids is 1. The molecule has 1 saturated carbocycles. The van der Waals surface area contributed by atoms with Gasteiger partial charge in [-0.25, -0.2) is 26.1 Å². The fourth-order valence-corrected chi connectivity index (χ4v) is 6.95. The molecule has 1 amide bonds. The summed E-state index contributed by atoms with van der Waals surface area (Å²) in [6, 6.07) is 5.86. The molecule has 2 aliphatic rings. The fourth-order valence-electron chi connectivity index (χ4n) is 3.09. The van der Waals surface area contributed by atoms with Gasteiger partial charge >= 0.3 is 0 Å². The Kier molecular flexibility index (Phi) is 7.05. The van der Waals surface area contributed by atoms with Crippen molar-refractivity contribution in [1.29, 1.82) is 0 Å². The molecule has 11 nitrogen and oxygen atoms in total. The highest BCUT2D eigenvalue weighted by atomic mass is 32.2. The molecule has 2 fully saturated rings. The largest absolute Gasteiger partial charge is 0.389 e. The summed E-state index contributed by atoms with van der Waals surface area (Å²) in [5, 5.41) is 6.28. The molecule has 0 bridgehead atoms. The van der Waals surface area contributed by atoms with Gasteiger partial charge < -0.3 is 9.57 Å². The zero-order valence-electron chi connectivity index (χ0n) is 18.5. The Morgan fingerprint density at radius 2 is 1.88 bits per heavy atom. The van der Waals surface area contributed by atoms with Crippen LogP contribution in [0.4, 0.5) is 5.13 Å². The minimum atomic E-state index is -3.69. The number of anilines is 1. The number of rotatable bonds is 9.